The van der Waals surface area contributed by atoms with Gasteiger partial charge in [0.25, 0.3) is 5.89 Å². The monoisotopic (exact) mass is 326 g/mol. The first-order chi connectivity index (χ1) is 11.6. The fourth-order valence-electron chi connectivity index (χ4n) is 2.45. The van der Waals surface area contributed by atoms with Crippen LogP contribution in [-0.4, -0.2) is 25.9 Å². The topological polar surface area (TPSA) is 83.0 Å². The Bertz CT molecular complexity index is 852. The number of esters is 1. The van der Waals surface area contributed by atoms with E-state index in [0.29, 0.717) is 23.6 Å². The second-order valence-electron chi connectivity index (χ2n) is 5.31. The number of para-hydroxylation sites is 1. The molecule has 0 atom stereocenters. The second-order valence-corrected chi connectivity index (χ2v) is 5.31. The number of hydrogen-bond acceptors (Lipinski definition) is 6. The second kappa shape index (κ2) is 6.66. The fourth-order valence-corrected chi connectivity index (χ4v) is 2.45. The Morgan fingerprint density at radius 1 is 1.17 bits per heavy atom. The van der Waals surface area contributed by atoms with Crippen molar-refractivity contribution in [1.82, 2.24) is 20.0 Å². The molecule has 0 fully saturated rings. The van der Waals surface area contributed by atoms with E-state index in [1.54, 1.807) is 11.6 Å². The predicted octanol–water partition coefficient (Wildman–Crippen LogP) is 2.79. The minimum atomic E-state index is -0.455. The van der Waals surface area contributed by atoms with Gasteiger partial charge in [-0.3, -0.25) is 0 Å². The summed E-state index contributed by atoms with van der Waals surface area (Å²) >= 11 is 0. The molecule has 0 unspecified atom stereocenters. The van der Waals surface area contributed by atoms with Gasteiger partial charge in [-0.05, 0) is 26.0 Å². The van der Waals surface area contributed by atoms with Crippen LogP contribution < -0.4 is 0 Å². The number of rotatable bonds is 5. The molecule has 0 saturated heterocycles. The Balaban J connectivity index is 1.79. The van der Waals surface area contributed by atoms with Gasteiger partial charge in [-0.15, -0.1) is 10.2 Å². The van der Waals surface area contributed by atoms with Crippen molar-refractivity contribution in [2.24, 2.45) is 0 Å². The van der Waals surface area contributed by atoms with Crippen molar-refractivity contribution in [3.05, 3.63) is 59.1 Å². The number of aromatic nitrogens is 4. The lowest BCUT2D eigenvalue weighted by Gasteiger charge is -2.05. The van der Waals surface area contributed by atoms with E-state index in [4.69, 9.17) is 9.15 Å². The number of ether oxygens (including phenoxy) is 1. The van der Waals surface area contributed by atoms with E-state index >= 15 is 0 Å². The molecule has 7 nitrogen and oxygen atoms in total. The van der Waals surface area contributed by atoms with Crippen LogP contribution in [0.1, 0.15) is 40.5 Å². The Morgan fingerprint density at radius 3 is 2.54 bits per heavy atom. The summed E-state index contributed by atoms with van der Waals surface area (Å²) in [5.74, 6) is 0.347. The minimum absolute atomic E-state index is 0.0543. The summed E-state index contributed by atoms with van der Waals surface area (Å²) in [6.07, 6.45) is 0.642. The van der Waals surface area contributed by atoms with Crippen molar-refractivity contribution in [3.63, 3.8) is 0 Å². The molecule has 3 rings (SSSR count). The summed E-state index contributed by atoms with van der Waals surface area (Å²) in [4.78, 5) is 12.4. The van der Waals surface area contributed by atoms with Crippen LogP contribution in [0.3, 0.4) is 0 Å². The van der Waals surface area contributed by atoms with Gasteiger partial charge in [0, 0.05) is 6.42 Å². The highest BCUT2D eigenvalue weighted by molar-refractivity contribution is 5.92. The first-order valence-electron chi connectivity index (χ1n) is 7.70. The predicted molar refractivity (Wildman–Crippen MR) is 85.8 cm³/mol. The molecule has 0 N–H and O–H groups in total. The summed E-state index contributed by atoms with van der Waals surface area (Å²) in [5, 5.41) is 12.1. The van der Waals surface area contributed by atoms with Crippen LogP contribution in [0.2, 0.25) is 0 Å². The van der Waals surface area contributed by atoms with E-state index in [2.05, 4.69) is 15.3 Å². The number of carbonyl (C=O) groups is 1. The van der Waals surface area contributed by atoms with Crippen LogP contribution in [0.5, 0.6) is 0 Å². The maximum Gasteiger partial charge on any atom is 0.342 e. The molecule has 2 heterocycles. The maximum absolute atomic E-state index is 12.4. The lowest BCUT2D eigenvalue weighted by Crippen LogP contribution is -2.08. The summed E-state index contributed by atoms with van der Waals surface area (Å²) in [6, 6.07) is 9.63. The molecule has 0 aliphatic carbocycles. The van der Waals surface area contributed by atoms with E-state index in [1.165, 1.54) is 0 Å². The molecule has 0 aliphatic heterocycles. The third-order valence-electron chi connectivity index (χ3n) is 3.63. The summed E-state index contributed by atoms with van der Waals surface area (Å²) in [5.41, 5.74) is 2.68. The van der Waals surface area contributed by atoms with Gasteiger partial charge in [0.05, 0.1) is 17.1 Å². The molecule has 2 aromatic heterocycles. The number of benzene rings is 1. The van der Waals surface area contributed by atoms with Gasteiger partial charge in [0.2, 0.25) is 5.89 Å². The van der Waals surface area contributed by atoms with Gasteiger partial charge >= 0.3 is 5.97 Å². The van der Waals surface area contributed by atoms with Crippen molar-refractivity contribution in [1.29, 1.82) is 0 Å². The maximum atomic E-state index is 12.4. The van der Waals surface area contributed by atoms with Crippen LogP contribution in [-0.2, 0) is 17.8 Å². The average Bonchev–Trinajstić information content (AvgIpc) is 3.18. The fraction of sp³-hybridized carbons (Fsp3) is 0.294. The molecule has 0 spiro atoms. The zero-order chi connectivity index (χ0) is 17.1. The first-order valence-corrected chi connectivity index (χ1v) is 7.70. The van der Waals surface area contributed by atoms with E-state index in [9.17, 15) is 4.79 Å². The molecule has 1 aromatic carbocycles. The molecule has 24 heavy (non-hydrogen) atoms. The lowest BCUT2D eigenvalue weighted by molar-refractivity contribution is 0.0435. The van der Waals surface area contributed by atoms with Gasteiger partial charge in [-0.2, -0.15) is 5.10 Å². The summed E-state index contributed by atoms with van der Waals surface area (Å²) in [7, 11) is 0. The van der Waals surface area contributed by atoms with Crippen molar-refractivity contribution in [2.75, 3.05) is 0 Å². The zero-order valence-corrected chi connectivity index (χ0v) is 13.8. The van der Waals surface area contributed by atoms with Crippen LogP contribution in [0.25, 0.3) is 5.69 Å². The Kier molecular flexibility index (Phi) is 4.41. The van der Waals surface area contributed by atoms with Crippen molar-refractivity contribution in [2.45, 2.75) is 33.8 Å². The van der Waals surface area contributed by atoms with Gasteiger partial charge < -0.3 is 9.15 Å². The smallest absolute Gasteiger partial charge is 0.342 e. The molecule has 0 radical (unpaired) electrons. The summed E-state index contributed by atoms with van der Waals surface area (Å²) in [6.45, 7) is 5.48. The highest BCUT2D eigenvalue weighted by Gasteiger charge is 2.21. The third-order valence-corrected chi connectivity index (χ3v) is 3.63. The number of carbonyl (C=O) groups excluding carboxylic acids is 1. The molecule has 0 saturated carbocycles. The van der Waals surface area contributed by atoms with Gasteiger partial charge in [-0.25, -0.2) is 9.48 Å². The quantitative estimate of drug-likeness (QED) is 0.670. The third kappa shape index (κ3) is 3.05. The Labute approximate surface area is 139 Å². The van der Waals surface area contributed by atoms with E-state index in [-0.39, 0.29) is 12.5 Å². The molecule has 0 bridgehead atoms. The number of hydrogen-bond donors (Lipinski definition) is 0. The van der Waals surface area contributed by atoms with E-state index in [1.807, 2.05) is 44.2 Å². The van der Waals surface area contributed by atoms with E-state index < -0.39 is 5.97 Å². The molecule has 3 aromatic rings. The van der Waals surface area contributed by atoms with Gasteiger partial charge in [0.1, 0.15) is 5.56 Å². The van der Waals surface area contributed by atoms with Crippen LogP contribution >= 0.6 is 0 Å². The molecular weight excluding hydrogens is 308 g/mol. The van der Waals surface area contributed by atoms with Gasteiger partial charge in [0.15, 0.2) is 6.61 Å². The van der Waals surface area contributed by atoms with Crippen molar-refractivity contribution >= 4 is 5.97 Å². The average molecular weight is 326 g/mol. The number of nitrogens with zero attached hydrogens (tertiary/aromatic N) is 4. The Morgan fingerprint density at radius 2 is 1.88 bits per heavy atom. The van der Waals surface area contributed by atoms with Crippen molar-refractivity contribution in [3.8, 4) is 5.69 Å². The minimum Gasteiger partial charge on any atom is -0.452 e. The van der Waals surface area contributed by atoms with Gasteiger partial charge in [-0.1, -0.05) is 25.1 Å². The highest BCUT2D eigenvalue weighted by Crippen LogP contribution is 2.19. The summed E-state index contributed by atoms with van der Waals surface area (Å²) < 4.78 is 12.4. The molecule has 0 aliphatic rings. The van der Waals surface area contributed by atoms with Crippen LogP contribution in [0.4, 0.5) is 0 Å². The molecular formula is C17H18N4O3. The normalized spacial score (nSPS) is 10.8. The zero-order valence-electron chi connectivity index (χ0n) is 13.8. The Hall–Kier alpha value is -2.96. The van der Waals surface area contributed by atoms with Crippen molar-refractivity contribution < 1.29 is 13.9 Å². The molecule has 124 valence electrons. The van der Waals surface area contributed by atoms with E-state index in [0.717, 1.165) is 11.4 Å². The number of aryl methyl sites for hydroxylation is 2. The molecule has 7 heteroatoms. The highest BCUT2D eigenvalue weighted by atomic mass is 16.5. The standard InChI is InChI=1S/C17H18N4O3/c1-4-14-18-19-15(24-14)10-23-17(22)16-11(2)20-21(12(16)3)13-8-6-5-7-9-13/h5-9H,4,10H2,1-3H3. The lowest BCUT2D eigenvalue weighted by atomic mass is 10.2. The SMILES string of the molecule is CCc1nnc(COC(=O)c2c(C)nn(-c3ccccc3)c2C)o1. The first kappa shape index (κ1) is 15.9. The van der Waals surface area contributed by atoms with Crippen LogP contribution in [0, 0.1) is 13.8 Å². The molecule has 0 amide bonds. The van der Waals surface area contributed by atoms with Crippen LogP contribution in [0.15, 0.2) is 34.7 Å². The largest absolute Gasteiger partial charge is 0.452 e.